The Bertz CT molecular complexity index is 1080. The zero-order valence-electron chi connectivity index (χ0n) is 17.5. The van der Waals surface area contributed by atoms with E-state index in [-0.39, 0.29) is 6.42 Å². The maximum atomic E-state index is 11.7. The number of nitrogens with one attached hydrogen (secondary N) is 1. The second-order valence-electron chi connectivity index (χ2n) is 8.13. The number of H-pyrrole nitrogens is 1. The van der Waals surface area contributed by atoms with Gasteiger partial charge in [-0.15, -0.1) is 0 Å². The summed E-state index contributed by atoms with van der Waals surface area (Å²) in [6.45, 7) is 10.7. The molecule has 0 amide bonds. The molecular weight excluding hydrogens is 362 g/mol. The van der Waals surface area contributed by atoms with Crippen molar-refractivity contribution < 1.29 is 9.90 Å². The first kappa shape index (κ1) is 19.4. The first-order valence-corrected chi connectivity index (χ1v) is 9.99. The highest BCUT2D eigenvalue weighted by molar-refractivity contribution is 5.81. The van der Waals surface area contributed by atoms with E-state index in [1.54, 1.807) is 0 Å². The number of aliphatic carboxylic acids is 1. The number of benzene rings is 2. The second kappa shape index (κ2) is 7.48. The SMILES string of the molecule is Cc1ccc(-c2c(C)c3c(c(C)c2CC(=O)O)CN(Cc2nc(C)c[nH]2)C3)cc1. The van der Waals surface area contributed by atoms with Gasteiger partial charge in [-0.3, -0.25) is 9.69 Å². The molecule has 2 heterocycles. The zero-order chi connectivity index (χ0) is 20.7. The van der Waals surface area contributed by atoms with Gasteiger partial charge in [0.15, 0.2) is 0 Å². The van der Waals surface area contributed by atoms with Crippen molar-refractivity contribution in [2.75, 3.05) is 0 Å². The summed E-state index contributed by atoms with van der Waals surface area (Å²) in [5.41, 5.74) is 10.2. The van der Waals surface area contributed by atoms with Crippen LogP contribution in [0.2, 0.25) is 0 Å². The number of carboxylic acid groups (broad SMARTS) is 1. The van der Waals surface area contributed by atoms with Crippen LogP contribution in [0.1, 0.15) is 44.9 Å². The molecule has 1 aromatic heterocycles. The van der Waals surface area contributed by atoms with E-state index in [1.165, 1.54) is 22.3 Å². The van der Waals surface area contributed by atoms with Gasteiger partial charge in [0, 0.05) is 19.3 Å². The summed E-state index contributed by atoms with van der Waals surface area (Å²) in [6, 6.07) is 8.39. The van der Waals surface area contributed by atoms with Crippen LogP contribution in [0.3, 0.4) is 0 Å². The van der Waals surface area contributed by atoms with Crippen LogP contribution < -0.4 is 0 Å². The van der Waals surface area contributed by atoms with Gasteiger partial charge in [-0.2, -0.15) is 0 Å². The van der Waals surface area contributed by atoms with Crippen molar-refractivity contribution in [3.8, 4) is 11.1 Å². The minimum Gasteiger partial charge on any atom is -0.481 e. The molecule has 0 radical (unpaired) electrons. The Morgan fingerprint density at radius 3 is 2.31 bits per heavy atom. The minimum atomic E-state index is -0.790. The first-order valence-electron chi connectivity index (χ1n) is 9.99. The van der Waals surface area contributed by atoms with Gasteiger partial charge in [-0.05, 0) is 66.6 Å². The Morgan fingerprint density at radius 1 is 1.07 bits per heavy atom. The molecule has 0 spiro atoms. The molecular formula is C24H27N3O2. The number of fused-ring (bicyclic) bond motifs is 1. The lowest BCUT2D eigenvalue weighted by Gasteiger charge is -2.20. The van der Waals surface area contributed by atoms with Crippen LogP contribution in [0, 0.1) is 27.7 Å². The van der Waals surface area contributed by atoms with Crippen molar-refractivity contribution in [3.05, 3.63) is 75.4 Å². The summed E-state index contributed by atoms with van der Waals surface area (Å²) in [6.07, 6.45) is 1.97. The molecule has 5 nitrogen and oxygen atoms in total. The summed E-state index contributed by atoms with van der Waals surface area (Å²) in [5, 5.41) is 9.57. The molecule has 0 atom stereocenters. The predicted octanol–water partition coefficient (Wildman–Crippen LogP) is 4.45. The van der Waals surface area contributed by atoms with E-state index in [4.69, 9.17) is 0 Å². The molecule has 3 aromatic rings. The number of rotatable bonds is 5. The quantitative estimate of drug-likeness (QED) is 0.676. The Kier molecular flexibility index (Phi) is 5.01. The van der Waals surface area contributed by atoms with Gasteiger partial charge in [0.1, 0.15) is 5.82 Å². The lowest BCUT2D eigenvalue weighted by atomic mass is 9.84. The number of imidazole rings is 1. The molecule has 0 saturated heterocycles. The third kappa shape index (κ3) is 3.70. The second-order valence-corrected chi connectivity index (χ2v) is 8.13. The fraction of sp³-hybridized carbons (Fsp3) is 0.333. The van der Waals surface area contributed by atoms with Gasteiger partial charge < -0.3 is 10.1 Å². The average Bonchev–Trinajstić information content (AvgIpc) is 3.27. The fourth-order valence-corrected chi connectivity index (χ4v) is 4.48. The van der Waals surface area contributed by atoms with Crippen molar-refractivity contribution in [1.82, 2.24) is 14.9 Å². The van der Waals surface area contributed by atoms with Gasteiger partial charge >= 0.3 is 5.97 Å². The normalized spacial score (nSPS) is 13.7. The van der Waals surface area contributed by atoms with E-state index in [2.05, 4.69) is 59.9 Å². The molecule has 1 aliphatic heterocycles. The maximum Gasteiger partial charge on any atom is 0.307 e. The standard InChI is InChI=1S/C24H27N3O2/c1-14-5-7-18(8-6-14)24-17(4)21-12-27(13-22-25-10-15(2)26-22)11-20(21)16(3)19(24)9-23(28)29/h5-8,10H,9,11-13H2,1-4H3,(H,25,26)(H,28,29). The van der Waals surface area contributed by atoms with E-state index < -0.39 is 5.97 Å². The summed E-state index contributed by atoms with van der Waals surface area (Å²) in [4.78, 5) is 21.8. The summed E-state index contributed by atoms with van der Waals surface area (Å²) >= 11 is 0. The number of aromatic nitrogens is 2. The lowest BCUT2D eigenvalue weighted by molar-refractivity contribution is -0.136. The highest BCUT2D eigenvalue weighted by Crippen LogP contribution is 2.39. The Labute approximate surface area is 171 Å². The van der Waals surface area contributed by atoms with Crippen LogP contribution in [0.25, 0.3) is 11.1 Å². The fourth-order valence-electron chi connectivity index (χ4n) is 4.48. The van der Waals surface area contributed by atoms with Gasteiger partial charge in [0.25, 0.3) is 0 Å². The van der Waals surface area contributed by atoms with Gasteiger partial charge in [0.05, 0.1) is 18.7 Å². The van der Waals surface area contributed by atoms with Gasteiger partial charge in [-0.1, -0.05) is 29.8 Å². The van der Waals surface area contributed by atoms with E-state index in [0.717, 1.165) is 53.4 Å². The van der Waals surface area contributed by atoms with Crippen molar-refractivity contribution in [2.45, 2.75) is 53.8 Å². The van der Waals surface area contributed by atoms with Crippen molar-refractivity contribution in [2.24, 2.45) is 0 Å². The number of carbonyl (C=O) groups is 1. The highest BCUT2D eigenvalue weighted by Gasteiger charge is 2.28. The molecule has 0 aliphatic carbocycles. The van der Waals surface area contributed by atoms with Crippen LogP contribution >= 0.6 is 0 Å². The Balaban J connectivity index is 1.78. The monoisotopic (exact) mass is 389 g/mol. The molecule has 0 unspecified atom stereocenters. The molecule has 1 aliphatic rings. The smallest absolute Gasteiger partial charge is 0.307 e. The number of aryl methyl sites for hydroxylation is 2. The van der Waals surface area contributed by atoms with E-state index >= 15 is 0 Å². The van der Waals surface area contributed by atoms with Gasteiger partial charge in [-0.25, -0.2) is 4.98 Å². The molecule has 2 N–H and O–H groups in total. The van der Waals surface area contributed by atoms with Crippen molar-refractivity contribution in [1.29, 1.82) is 0 Å². The van der Waals surface area contributed by atoms with Crippen LogP contribution in [-0.4, -0.2) is 25.9 Å². The summed E-state index contributed by atoms with van der Waals surface area (Å²) in [5.74, 6) is 0.178. The molecule has 0 bridgehead atoms. The third-order valence-electron chi connectivity index (χ3n) is 5.96. The number of hydrogen-bond acceptors (Lipinski definition) is 3. The van der Waals surface area contributed by atoms with E-state index in [0.29, 0.717) is 0 Å². The number of hydrogen-bond donors (Lipinski definition) is 2. The van der Waals surface area contributed by atoms with Crippen molar-refractivity contribution in [3.63, 3.8) is 0 Å². The molecule has 150 valence electrons. The lowest BCUT2D eigenvalue weighted by Crippen LogP contribution is -2.16. The molecule has 4 rings (SSSR count). The number of nitrogens with zero attached hydrogens (tertiary/aromatic N) is 2. The van der Waals surface area contributed by atoms with Gasteiger partial charge in [0.2, 0.25) is 0 Å². The predicted molar refractivity (Wildman–Crippen MR) is 114 cm³/mol. The van der Waals surface area contributed by atoms with Crippen LogP contribution in [-0.2, 0) is 30.8 Å². The number of carboxylic acids is 1. The highest BCUT2D eigenvalue weighted by atomic mass is 16.4. The molecule has 2 aromatic carbocycles. The molecule has 29 heavy (non-hydrogen) atoms. The van der Waals surface area contributed by atoms with E-state index in [9.17, 15) is 9.90 Å². The number of aromatic amines is 1. The minimum absolute atomic E-state index is 0.0422. The Hall–Kier alpha value is -2.92. The largest absolute Gasteiger partial charge is 0.481 e. The van der Waals surface area contributed by atoms with Crippen LogP contribution in [0.15, 0.2) is 30.5 Å². The van der Waals surface area contributed by atoms with Crippen molar-refractivity contribution >= 4 is 5.97 Å². The van der Waals surface area contributed by atoms with Crippen LogP contribution in [0.5, 0.6) is 0 Å². The van der Waals surface area contributed by atoms with Crippen LogP contribution in [0.4, 0.5) is 0 Å². The zero-order valence-corrected chi connectivity index (χ0v) is 17.5. The summed E-state index contributed by atoms with van der Waals surface area (Å²) in [7, 11) is 0. The molecule has 5 heteroatoms. The maximum absolute atomic E-state index is 11.7. The average molecular weight is 389 g/mol. The topological polar surface area (TPSA) is 69.2 Å². The van der Waals surface area contributed by atoms with E-state index in [1.807, 2.05) is 13.1 Å². The Morgan fingerprint density at radius 2 is 1.72 bits per heavy atom. The molecule has 0 saturated carbocycles. The third-order valence-corrected chi connectivity index (χ3v) is 5.96. The first-order chi connectivity index (χ1) is 13.8. The molecule has 0 fully saturated rings. The summed E-state index contributed by atoms with van der Waals surface area (Å²) < 4.78 is 0.